The molecule has 7 heteroatoms. The molecule has 1 fully saturated rings. The van der Waals surface area contributed by atoms with Crippen molar-refractivity contribution < 1.29 is 19.0 Å². The van der Waals surface area contributed by atoms with Gasteiger partial charge in [0.15, 0.2) is 11.5 Å². The van der Waals surface area contributed by atoms with Crippen LogP contribution < -0.4 is 19.5 Å². The van der Waals surface area contributed by atoms with Crippen LogP contribution in [-0.2, 0) is 6.54 Å². The van der Waals surface area contributed by atoms with E-state index in [1.54, 1.807) is 17.3 Å². The molecule has 0 spiro atoms. The highest BCUT2D eigenvalue weighted by atomic mass is 16.7. The molecule has 0 aliphatic carbocycles. The summed E-state index contributed by atoms with van der Waals surface area (Å²) in [5.41, 5.74) is 0.974. The predicted octanol–water partition coefficient (Wildman–Crippen LogP) is 2.17. The van der Waals surface area contributed by atoms with Crippen LogP contribution in [0.15, 0.2) is 42.7 Å². The first-order valence-electron chi connectivity index (χ1n) is 8.26. The fraction of sp³-hybridized carbons (Fsp3) is 0.333. The first kappa shape index (κ1) is 15.6. The summed E-state index contributed by atoms with van der Waals surface area (Å²) in [7, 11) is 0. The zero-order chi connectivity index (χ0) is 17.1. The van der Waals surface area contributed by atoms with Gasteiger partial charge in [0, 0.05) is 31.9 Å². The van der Waals surface area contributed by atoms with Gasteiger partial charge in [-0.15, -0.1) is 0 Å². The molecule has 130 valence electrons. The number of pyridine rings is 1. The lowest BCUT2D eigenvalue weighted by Crippen LogP contribution is -2.39. The van der Waals surface area contributed by atoms with Gasteiger partial charge in [-0.05, 0) is 29.8 Å². The molecule has 0 radical (unpaired) electrons. The number of fused-ring (bicyclic) bond motifs is 1. The Bertz CT molecular complexity index is 753. The van der Waals surface area contributed by atoms with Gasteiger partial charge in [0.2, 0.25) is 6.79 Å². The van der Waals surface area contributed by atoms with Gasteiger partial charge in [-0.3, -0.25) is 4.98 Å². The molecule has 3 heterocycles. The summed E-state index contributed by atoms with van der Waals surface area (Å²) < 4.78 is 16.5. The second-order valence-corrected chi connectivity index (χ2v) is 6.00. The first-order chi connectivity index (χ1) is 12.3. The normalized spacial score (nSPS) is 18.2. The number of nitrogens with one attached hydrogen (secondary N) is 1. The van der Waals surface area contributed by atoms with Gasteiger partial charge in [0.25, 0.3) is 0 Å². The molecule has 7 nitrogen and oxygen atoms in total. The van der Waals surface area contributed by atoms with Crippen molar-refractivity contribution in [3.05, 3.63) is 48.3 Å². The molecule has 0 saturated carbocycles. The van der Waals surface area contributed by atoms with Gasteiger partial charge in [-0.1, -0.05) is 6.07 Å². The van der Waals surface area contributed by atoms with E-state index in [1.807, 2.05) is 30.3 Å². The number of hydrogen-bond donors (Lipinski definition) is 1. The Morgan fingerprint density at radius 3 is 2.96 bits per heavy atom. The molecule has 4 rings (SSSR count). The second-order valence-electron chi connectivity index (χ2n) is 6.00. The Kier molecular flexibility index (Phi) is 4.28. The number of benzene rings is 1. The number of aromatic nitrogens is 1. The van der Waals surface area contributed by atoms with Crippen LogP contribution in [0, 0.1) is 0 Å². The number of nitrogens with zero attached hydrogens (tertiary/aromatic N) is 2. The first-order valence-corrected chi connectivity index (χ1v) is 8.26. The van der Waals surface area contributed by atoms with Crippen molar-refractivity contribution in [2.45, 2.75) is 19.1 Å². The molecule has 25 heavy (non-hydrogen) atoms. The maximum atomic E-state index is 12.3. The van der Waals surface area contributed by atoms with Crippen LogP contribution >= 0.6 is 0 Å². The summed E-state index contributed by atoms with van der Waals surface area (Å²) >= 11 is 0. The fourth-order valence-electron chi connectivity index (χ4n) is 2.96. The quantitative estimate of drug-likeness (QED) is 0.923. The Hall–Kier alpha value is -2.96. The van der Waals surface area contributed by atoms with Crippen molar-refractivity contribution >= 4 is 6.03 Å². The molecule has 0 bridgehead atoms. The third-order valence-electron chi connectivity index (χ3n) is 4.27. The predicted molar refractivity (Wildman–Crippen MR) is 89.6 cm³/mol. The summed E-state index contributed by atoms with van der Waals surface area (Å²) in [6.07, 6.45) is 4.22. The number of likely N-dealkylation sites (tertiary alicyclic amines) is 1. The largest absolute Gasteiger partial charge is 0.488 e. The lowest BCUT2D eigenvalue weighted by Gasteiger charge is -2.18. The fourth-order valence-corrected chi connectivity index (χ4v) is 2.96. The second kappa shape index (κ2) is 6.88. The summed E-state index contributed by atoms with van der Waals surface area (Å²) in [4.78, 5) is 18.1. The molecule has 1 N–H and O–H groups in total. The van der Waals surface area contributed by atoms with Crippen molar-refractivity contribution in [2.24, 2.45) is 0 Å². The van der Waals surface area contributed by atoms with E-state index in [4.69, 9.17) is 14.2 Å². The van der Waals surface area contributed by atoms with Crippen LogP contribution in [0.5, 0.6) is 17.2 Å². The van der Waals surface area contributed by atoms with E-state index in [0.717, 1.165) is 29.2 Å². The molecule has 2 aliphatic rings. The minimum absolute atomic E-state index is 0.0127. The van der Waals surface area contributed by atoms with E-state index in [-0.39, 0.29) is 18.9 Å². The van der Waals surface area contributed by atoms with E-state index >= 15 is 0 Å². The standard InChI is InChI=1S/C18H19N3O4/c22-18(20-10-13-1-2-16-17(9-13)24-12-23-16)21-8-5-15(11-21)25-14-3-6-19-7-4-14/h1-4,6-7,9,15H,5,8,10-12H2,(H,20,22)/t15-/m1/s1. The average Bonchev–Trinajstić information content (AvgIpc) is 3.29. The van der Waals surface area contributed by atoms with Gasteiger partial charge >= 0.3 is 6.03 Å². The highest BCUT2D eigenvalue weighted by Gasteiger charge is 2.27. The molecular formula is C18H19N3O4. The zero-order valence-electron chi connectivity index (χ0n) is 13.7. The Labute approximate surface area is 145 Å². The van der Waals surface area contributed by atoms with Crippen LogP contribution in [0.25, 0.3) is 0 Å². The third-order valence-corrected chi connectivity index (χ3v) is 4.27. The number of carbonyl (C=O) groups excluding carboxylic acids is 1. The van der Waals surface area contributed by atoms with Crippen molar-refractivity contribution in [3.63, 3.8) is 0 Å². The summed E-state index contributed by atoms with van der Waals surface area (Å²) in [5.74, 6) is 2.24. The number of rotatable bonds is 4. The molecule has 1 saturated heterocycles. The van der Waals surface area contributed by atoms with Crippen LogP contribution in [0.2, 0.25) is 0 Å². The number of ether oxygens (including phenoxy) is 3. The molecule has 2 amide bonds. The smallest absolute Gasteiger partial charge is 0.317 e. The Morgan fingerprint density at radius 2 is 2.08 bits per heavy atom. The number of amides is 2. The maximum absolute atomic E-state index is 12.3. The molecular weight excluding hydrogens is 322 g/mol. The lowest BCUT2D eigenvalue weighted by molar-refractivity contribution is 0.174. The van der Waals surface area contributed by atoms with E-state index < -0.39 is 0 Å². The SMILES string of the molecule is O=C(NCc1ccc2c(c1)OCO2)N1CC[C@@H](Oc2ccncc2)C1. The van der Waals surface area contributed by atoms with E-state index in [2.05, 4.69) is 10.3 Å². The van der Waals surface area contributed by atoms with Crippen LogP contribution in [0.1, 0.15) is 12.0 Å². The average molecular weight is 341 g/mol. The van der Waals surface area contributed by atoms with Gasteiger partial charge in [0.05, 0.1) is 6.54 Å². The molecule has 2 aliphatic heterocycles. The lowest BCUT2D eigenvalue weighted by atomic mass is 10.2. The number of hydrogen-bond acceptors (Lipinski definition) is 5. The van der Waals surface area contributed by atoms with Gasteiger partial charge < -0.3 is 24.4 Å². The highest BCUT2D eigenvalue weighted by Crippen LogP contribution is 2.32. The summed E-state index contributed by atoms with van der Waals surface area (Å²) in [5, 5.41) is 2.94. The molecule has 1 aromatic carbocycles. The van der Waals surface area contributed by atoms with Gasteiger partial charge in [-0.2, -0.15) is 0 Å². The van der Waals surface area contributed by atoms with Crippen LogP contribution in [0.4, 0.5) is 4.79 Å². The van der Waals surface area contributed by atoms with Crippen LogP contribution in [0.3, 0.4) is 0 Å². The van der Waals surface area contributed by atoms with Gasteiger partial charge in [0.1, 0.15) is 11.9 Å². The Balaban J connectivity index is 1.27. The van der Waals surface area contributed by atoms with Crippen molar-refractivity contribution in [1.29, 1.82) is 0 Å². The summed E-state index contributed by atoms with van der Waals surface area (Å²) in [6.45, 7) is 1.96. The molecule has 1 aromatic heterocycles. The van der Waals surface area contributed by atoms with Crippen molar-refractivity contribution in [3.8, 4) is 17.2 Å². The zero-order valence-corrected chi connectivity index (χ0v) is 13.7. The topological polar surface area (TPSA) is 72.9 Å². The van der Waals surface area contributed by atoms with E-state index in [0.29, 0.717) is 19.6 Å². The van der Waals surface area contributed by atoms with E-state index in [1.165, 1.54) is 0 Å². The molecule has 2 aromatic rings. The monoisotopic (exact) mass is 341 g/mol. The van der Waals surface area contributed by atoms with Crippen molar-refractivity contribution in [1.82, 2.24) is 15.2 Å². The minimum atomic E-state index is -0.0847. The van der Waals surface area contributed by atoms with E-state index in [9.17, 15) is 4.79 Å². The number of carbonyl (C=O) groups is 1. The minimum Gasteiger partial charge on any atom is -0.488 e. The summed E-state index contributed by atoms with van der Waals surface area (Å²) in [6, 6.07) is 9.23. The van der Waals surface area contributed by atoms with Crippen LogP contribution in [-0.4, -0.2) is 41.9 Å². The molecule has 1 atom stereocenters. The molecule has 0 unspecified atom stereocenters. The maximum Gasteiger partial charge on any atom is 0.317 e. The van der Waals surface area contributed by atoms with Crippen molar-refractivity contribution in [2.75, 3.05) is 19.9 Å². The highest BCUT2D eigenvalue weighted by molar-refractivity contribution is 5.74. The van der Waals surface area contributed by atoms with Gasteiger partial charge in [-0.25, -0.2) is 4.79 Å². The number of urea groups is 1. The Morgan fingerprint density at radius 1 is 1.24 bits per heavy atom. The third kappa shape index (κ3) is 3.60.